The quantitative estimate of drug-likeness (QED) is 0.603. The van der Waals surface area contributed by atoms with Crippen LogP contribution in [-0.2, 0) is 17.8 Å². The number of rotatable bonds is 8. The standard InChI is InChI=1S/C21H22ClN3O3/c1-2-28-14-19-18(11-12-26)20(21(27)23-16-8-4-3-5-9-16)25(24-19)17-10-6-7-15(22)13-17/h3-10,13,26H,2,11-12,14H2,1H3,(H,23,27). The van der Waals surface area contributed by atoms with E-state index in [1.807, 2.05) is 43.3 Å². The molecule has 2 aromatic carbocycles. The van der Waals surface area contributed by atoms with Gasteiger partial charge in [0.2, 0.25) is 0 Å². The van der Waals surface area contributed by atoms with E-state index in [9.17, 15) is 9.90 Å². The second kappa shape index (κ2) is 9.50. The van der Waals surface area contributed by atoms with Crippen LogP contribution in [0.15, 0.2) is 54.6 Å². The summed E-state index contributed by atoms with van der Waals surface area (Å²) in [7, 11) is 0. The van der Waals surface area contributed by atoms with Gasteiger partial charge in [-0.1, -0.05) is 35.9 Å². The van der Waals surface area contributed by atoms with Crippen LogP contribution in [0, 0.1) is 0 Å². The molecule has 7 heteroatoms. The fraction of sp³-hybridized carbons (Fsp3) is 0.238. The Morgan fingerprint density at radius 2 is 2.00 bits per heavy atom. The Labute approximate surface area is 168 Å². The van der Waals surface area contributed by atoms with Crippen molar-refractivity contribution >= 4 is 23.2 Å². The molecule has 28 heavy (non-hydrogen) atoms. The summed E-state index contributed by atoms with van der Waals surface area (Å²) in [6.45, 7) is 2.56. The number of nitrogens with zero attached hydrogens (tertiary/aromatic N) is 2. The van der Waals surface area contributed by atoms with Gasteiger partial charge in [0.25, 0.3) is 5.91 Å². The topological polar surface area (TPSA) is 76.4 Å². The van der Waals surface area contributed by atoms with E-state index in [0.717, 1.165) is 0 Å². The predicted octanol–water partition coefficient (Wildman–Crippen LogP) is 3.85. The molecule has 0 unspecified atom stereocenters. The number of carbonyl (C=O) groups is 1. The van der Waals surface area contributed by atoms with Crippen molar-refractivity contribution < 1.29 is 14.6 Å². The molecule has 3 rings (SSSR count). The van der Waals surface area contributed by atoms with Crippen LogP contribution in [0.4, 0.5) is 5.69 Å². The fourth-order valence-corrected chi connectivity index (χ4v) is 3.11. The predicted molar refractivity (Wildman–Crippen MR) is 109 cm³/mol. The molecule has 0 saturated carbocycles. The fourth-order valence-electron chi connectivity index (χ4n) is 2.92. The molecule has 146 valence electrons. The summed E-state index contributed by atoms with van der Waals surface area (Å²) in [6.07, 6.45) is 0.292. The second-order valence-electron chi connectivity index (χ2n) is 6.10. The van der Waals surface area contributed by atoms with Crippen molar-refractivity contribution in [3.05, 3.63) is 76.6 Å². The minimum Gasteiger partial charge on any atom is -0.396 e. The van der Waals surface area contributed by atoms with Gasteiger partial charge in [-0.3, -0.25) is 4.79 Å². The highest BCUT2D eigenvalue weighted by Crippen LogP contribution is 2.24. The normalized spacial score (nSPS) is 10.8. The molecule has 0 aliphatic rings. The lowest BCUT2D eigenvalue weighted by atomic mass is 10.1. The van der Waals surface area contributed by atoms with Crippen LogP contribution in [0.1, 0.15) is 28.7 Å². The number of para-hydroxylation sites is 1. The van der Waals surface area contributed by atoms with Crippen molar-refractivity contribution in [1.29, 1.82) is 0 Å². The zero-order valence-electron chi connectivity index (χ0n) is 15.6. The number of aliphatic hydroxyl groups is 1. The number of hydrogen-bond acceptors (Lipinski definition) is 4. The molecule has 0 aliphatic heterocycles. The Morgan fingerprint density at radius 1 is 1.21 bits per heavy atom. The van der Waals surface area contributed by atoms with Crippen molar-refractivity contribution in [2.75, 3.05) is 18.5 Å². The third-order valence-electron chi connectivity index (χ3n) is 4.17. The van der Waals surface area contributed by atoms with Crippen LogP contribution in [0.25, 0.3) is 5.69 Å². The molecular weight excluding hydrogens is 378 g/mol. The Kier molecular flexibility index (Phi) is 6.81. The first-order chi connectivity index (χ1) is 13.6. The lowest BCUT2D eigenvalue weighted by Gasteiger charge is -2.11. The molecule has 1 heterocycles. The van der Waals surface area contributed by atoms with Crippen molar-refractivity contribution in [3.8, 4) is 5.69 Å². The Morgan fingerprint density at radius 3 is 2.68 bits per heavy atom. The third-order valence-corrected chi connectivity index (χ3v) is 4.41. The SMILES string of the molecule is CCOCc1nn(-c2cccc(Cl)c2)c(C(=O)Nc2ccccc2)c1CCO. The largest absolute Gasteiger partial charge is 0.396 e. The van der Waals surface area contributed by atoms with E-state index in [-0.39, 0.29) is 19.1 Å². The van der Waals surface area contributed by atoms with E-state index in [1.165, 1.54) is 0 Å². The van der Waals surface area contributed by atoms with Crippen LogP contribution in [0.3, 0.4) is 0 Å². The molecule has 0 saturated heterocycles. The summed E-state index contributed by atoms with van der Waals surface area (Å²) in [5.41, 5.74) is 2.97. The van der Waals surface area contributed by atoms with E-state index in [4.69, 9.17) is 16.3 Å². The zero-order chi connectivity index (χ0) is 19.9. The van der Waals surface area contributed by atoms with E-state index in [2.05, 4.69) is 10.4 Å². The molecule has 0 fully saturated rings. The number of anilines is 1. The Bertz CT molecular complexity index is 941. The van der Waals surface area contributed by atoms with Gasteiger partial charge in [0.15, 0.2) is 0 Å². The number of ether oxygens (including phenoxy) is 1. The molecule has 6 nitrogen and oxygen atoms in total. The number of aliphatic hydroxyl groups excluding tert-OH is 1. The van der Waals surface area contributed by atoms with Crippen LogP contribution in [0.2, 0.25) is 5.02 Å². The van der Waals surface area contributed by atoms with Crippen molar-refractivity contribution in [2.24, 2.45) is 0 Å². The minimum atomic E-state index is -0.315. The van der Waals surface area contributed by atoms with Gasteiger partial charge in [0, 0.05) is 29.5 Å². The number of nitrogens with one attached hydrogen (secondary N) is 1. The van der Waals surface area contributed by atoms with Gasteiger partial charge in [-0.15, -0.1) is 0 Å². The van der Waals surface area contributed by atoms with Crippen LogP contribution >= 0.6 is 11.6 Å². The summed E-state index contributed by atoms with van der Waals surface area (Å²) in [6, 6.07) is 16.3. The highest BCUT2D eigenvalue weighted by Gasteiger charge is 2.24. The number of amides is 1. The Balaban J connectivity index is 2.10. The van der Waals surface area contributed by atoms with E-state index in [1.54, 1.807) is 22.9 Å². The van der Waals surface area contributed by atoms with Gasteiger partial charge >= 0.3 is 0 Å². The number of halogens is 1. The number of hydrogen-bond donors (Lipinski definition) is 2. The number of aromatic nitrogens is 2. The third kappa shape index (κ3) is 4.59. The van der Waals surface area contributed by atoms with Gasteiger partial charge in [-0.25, -0.2) is 4.68 Å². The molecule has 2 N–H and O–H groups in total. The minimum absolute atomic E-state index is 0.105. The van der Waals surface area contributed by atoms with Gasteiger partial charge in [-0.2, -0.15) is 5.10 Å². The molecule has 3 aromatic rings. The van der Waals surface area contributed by atoms with Crippen molar-refractivity contribution in [2.45, 2.75) is 20.0 Å². The first-order valence-corrected chi connectivity index (χ1v) is 9.43. The lowest BCUT2D eigenvalue weighted by Crippen LogP contribution is -2.19. The average molecular weight is 400 g/mol. The summed E-state index contributed by atoms with van der Waals surface area (Å²) < 4.78 is 7.08. The van der Waals surface area contributed by atoms with Gasteiger partial charge < -0.3 is 15.2 Å². The first-order valence-electron chi connectivity index (χ1n) is 9.05. The summed E-state index contributed by atoms with van der Waals surface area (Å²) in [4.78, 5) is 13.1. The monoisotopic (exact) mass is 399 g/mol. The van der Waals surface area contributed by atoms with Crippen LogP contribution < -0.4 is 5.32 Å². The van der Waals surface area contributed by atoms with E-state index in [0.29, 0.717) is 46.4 Å². The maximum absolute atomic E-state index is 13.1. The summed E-state index contributed by atoms with van der Waals surface area (Å²) in [5.74, 6) is -0.315. The molecule has 0 bridgehead atoms. The molecular formula is C21H22ClN3O3. The molecule has 0 atom stereocenters. The smallest absolute Gasteiger partial charge is 0.274 e. The molecule has 0 spiro atoms. The summed E-state index contributed by atoms with van der Waals surface area (Å²) in [5, 5.41) is 17.6. The van der Waals surface area contributed by atoms with Crippen LogP contribution in [0.5, 0.6) is 0 Å². The van der Waals surface area contributed by atoms with E-state index >= 15 is 0 Å². The average Bonchev–Trinajstić information content (AvgIpc) is 3.06. The molecule has 0 radical (unpaired) electrons. The Hall–Kier alpha value is -2.67. The van der Waals surface area contributed by atoms with Gasteiger partial charge in [0.05, 0.1) is 18.0 Å². The lowest BCUT2D eigenvalue weighted by molar-refractivity contribution is 0.101. The highest BCUT2D eigenvalue weighted by molar-refractivity contribution is 6.30. The number of carbonyl (C=O) groups excluding carboxylic acids is 1. The van der Waals surface area contributed by atoms with Crippen molar-refractivity contribution in [3.63, 3.8) is 0 Å². The number of benzene rings is 2. The maximum Gasteiger partial charge on any atom is 0.274 e. The summed E-state index contributed by atoms with van der Waals surface area (Å²) >= 11 is 6.14. The maximum atomic E-state index is 13.1. The molecule has 1 amide bonds. The van der Waals surface area contributed by atoms with E-state index < -0.39 is 0 Å². The second-order valence-corrected chi connectivity index (χ2v) is 6.53. The van der Waals surface area contributed by atoms with Gasteiger partial charge in [-0.05, 0) is 43.7 Å². The van der Waals surface area contributed by atoms with Gasteiger partial charge in [0.1, 0.15) is 5.69 Å². The molecule has 0 aliphatic carbocycles. The zero-order valence-corrected chi connectivity index (χ0v) is 16.3. The first kappa shape index (κ1) is 20.1. The molecule has 1 aromatic heterocycles. The van der Waals surface area contributed by atoms with Crippen LogP contribution in [-0.4, -0.2) is 34.0 Å². The highest BCUT2D eigenvalue weighted by atomic mass is 35.5. The van der Waals surface area contributed by atoms with Crippen molar-refractivity contribution in [1.82, 2.24) is 9.78 Å².